The van der Waals surface area contributed by atoms with Crippen LogP contribution < -0.4 is 4.74 Å². The minimum Gasteiger partial charge on any atom is -0.484 e. The molecule has 1 saturated heterocycles. The van der Waals surface area contributed by atoms with E-state index in [1.807, 2.05) is 24.8 Å². The van der Waals surface area contributed by atoms with Crippen LogP contribution in [-0.4, -0.2) is 36.2 Å². The number of amides is 1. The second kappa shape index (κ2) is 5.56. The summed E-state index contributed by atoms with van der Waals surface area (Å²) in [6.07, 6.45) is 2.51. The van der Waals surface area contributed by atoms with Gasteiger partial charge in [-0.2, -0.15) is 0 Å². The monoisotopic (exact) mass is 373 g/mol. The first-order valence-electron chi connectivity index (χ1n) is 7.24. The van der Waals surface area contributed by atoms with Gasteiger partial charge in [0.15, 0.2) is 0 Å². The molecular formula is C15H20BrNO3S. The fraction of sp³-hybridized carbons (Fsp3) is 0.667. The smallest absolute Gasteiger partial charge is 0.223 e. The van der Waals surface area contributed by atoms with Crippen molar-refractivity contribution in [2.24, 2.45) is 0 Å². The first kappa shape index (κ1) is 15.3. The van der Waals surface area contributed by atoms with Gasteiger partial charge in [0.2, 0.25) is 5.91 Å². The van der Waals surface area contributed by atoms with Crippen LogP contribution in [0.2, 0.25) is 0 Å². The summed E-state index contributed by atoms with van der Waals surface area (Å²) >= 11 is 5.16. The van der Waals surface area contributed by atoms with E-state index >= 15 is 0 Å². The average molecular weight is 374 g/mol. The van der Waals surface area contributed by atoms with Crippen LogP contribution in [0.4, 0.5) is 0 Å². The molecule has 6 heteroatoms. The van der Waals surface area contributed by atoms with E-state index in [2.05, 4.69) is 15.9 Å². The quantitative estimate of drug-likeness (QED) is 0.792. The fourth-order valence-corrected chi connectivity index (χ4v) is 5.02. The number of likely N-dealkylation sites (tertiary alicyclic amines) is 1. The maximum absolute atomic E-state index is 12.4. The minimum absolute atomic E-state index is 0.0575. The Morgan fingerprint density at radius 1 is 1.48 bits per heavy atom. The van der Waals surface area contributed by atoms with E-state index in [9.17, 15) is 4.79 Å². The van der Waals surface area contributed by atoms with Crippen molar-refractivity contribution < 1.29 is 14.3 Å². The number of ether oxygens (including phenoxy) is 2. The Hall–Kier alpha value is -0.590. The number of hydrogen-bond donors (Lipinski definition) is 0. The Bertz CT molecular complexity index is 557. The van der Waals surface area contributed by atoms with Crippen molar-refractivity contribution >= 4 is 33.2 Å². The van der Waals surface area contributed by atoms with Crippen LogP contribution in [0.5, 0.6) is 5.75 Å². The summed E-state index contributed by atoms with van der Waals surface area (Å²) < 4.78 is 12.9. The normalized spacial score (nSPS) is 28.2. The maximum Gasteiger partial charge on any atom is 0.223 e. The molecule has 3 rings (SSSR count). The summed E-state index contributed by atoms with van der Waals surface area (Å²) in [5, 5.41) is 0. The van der Waals surface area contributed by atoms with Crippen LogP contribution in [-0.2, 0) is 9.53 Å². The lowest BCUT2D eigenvalue weighted by Crippen LogP contribution is -2.55. The van der Waals surface area contributed by atoms with Gasteiger partial charge in [-0.3, -0.25) is 4.79 Å². The number of piperidine rings is 1. The van der Waals surface area contributed by atoms with Gasteiger partial charge in [0.25, 0.3) is 0 Å². The molecule has 0 spiro atoms. The highest BCUT2D eigenvalue weighted by Gasteiger charge is 2.49. The van der Waals surface area contributed by atoms with Crippen molar-refractivity contribution in [3.63, 3.8) is 0 Å². The molecule has 0 N–H and O–H groups in total. The summed E-state index contributed by atoms with van der Waals surface area (Å²) in [7, 11) is 1.70. The van der Waals surface area contributed by atoms with Gasteiger partial charge in [0.05, 0.1) is 14.7 Å². The van der Waals surface area contributed by atoms with Crippen LogP contribution in [0, 0.1) is 0 Å². The summed E-state index contributed by atoms with van der Waals surface area (Å²) in [6, 6.07) is 1.94. The standard InChI is InChI=1S/C15H20BrNO3S/c1-15(2)14(19-3)12(17-7-5-4-6-11(17)18)13-9(20-15)8-10(16)21-13/h8,12,14H,4-7H2,1-3H3. The van der Waals surface area contributed by atoms with E-state index in [0.717, 1.165) is 33.8 Å². The number of rotatable bonds is 2. The van der Waals surface area contributed by atoms with E-state index in [0.29, 0.717) is 6.42 Å². The van der Waals surface area contributed by atoms with Crippen molar-refractivity contribution in [3.05, 3.63) is 14.7 Å². The van der Waals surface area contributed by atoms with Crippen LogP contribution in [0.15, 0.2) is 9.85 Å². The third-order valence-corrected chi connectivity index (χ3v) is 5.95. The van der Waals surface area contributed by atoms with E-state index < -0.39 is 5.60 Å². The van der Waals surface area contributed by atoms with Gasteiger partial charge >= 0.3 is 0 Å². The second-order valence-corrected chi connectivity index (χ2v) is 8.59. The molecule has 116 valence electrons. The SMILES string of the molecule is COC1C(N2CCCCC2=O)c2sc(Br)cc2OC1(C)C. The molecule has 0 saturated carbocycles. The van der Waals surface area contributed by atoms with Crippen molar-refractivity contribution in [1.82, 2.24) is 4.90 Å². The number of carbonyl (C=O) groups is 1. The number of hydrogen-bond acceptors (Lipinski definition) is 4. The molecular weight excluding hydrogens is 354 g/mol. The van der Waals surface area contributed by atoms with Crippen molar-refractivity contribution in [3.8, 4) is 5.75 Å². The predicted octanol–water partition coefficient (Wildman–Crippen LogP) is 3.75. The highest BCUT2D eigenvalue weighted by Crippen LogP contribution is 2.49. The van der Waals surface area contributed by atoms with Gasteiger partial charge in [-0.25, -0.2) is 0 Å². The Morgan fingerprint density at radius 3 is 2.90 bits per heavy atom. The molecule has 2 unspecified atom stereocenters. The molecule has 1 amide bonds. The zero-order valence-corrected chi connectivity index (χ0v) is 14.9. The van der Waals surface area contributed by atoms with Gasteiger partial charge in [-0.1, -0.05) is 0 Å². The highest BCUT2D eigenvalue weighted by atomic mass is 79.9. The Morgan fingerprint density at radius 2 is 2.24 bits per heavy atom. The summed E-state index contributed by atoms with van der Waals surface area (Å²) in [6.45, 7) is 4.85. The maximum atomic E-state index is 12.4. The first-order chi connectivity index (χ1) is 9.94. The topological polar surface area (TPSA) is 38.8 Å². The van der Waals surface area contributed by atoms with Crippen molar-refractivity contribution in [2.75, 3.05) is 13.7 Å². The van der Waals surface area contributed by atoms with Crippen LogP contribution >= 0.6 is 27.3 Å². The van der Waals surface area contributed by atoms with E-state index in [-0.39, 0.29) is 18.1 Å². The molecule has 2 atom stereocenters. The number of carbonyl (C=O) groups excluding carboxylic acids is 1. The third-order valence-electron chi connectivity index (χ3n) is 4.26. The zero-order chi connectivity index (χ0) is 15.2. The van der Waals surface area contributed by atoms with Gasteiger partial charge in [-0.15, -0.1) is 11.3 Å². The van der Waals surface area contributed by atoms with E-state index in [4.69, 9.17) is 9.47 Å². The molecule has 0 radical (unpaired) electrons. The Balaban J connectivity index is 2.07. The zero-order valence-electron chi connectivity index (χ0n) is 12.5. The number of halogens is 1. The summed E-state index contributed by atoms with van der Waals surface area (Å²) in [4.78, 5) is 15.5. The predicted molar refractivity (Wildman–Crippen MR) is 85.8 cm³/mol. The Labute approximate surface area is 137 Å². The number of methoxy groups -OCH3 is 1. The van der Waals surface area contributed by atoms with Gasteiger partial charge in [-0.05, 0) is 42.6 Å². The number of nitrogens with zero attached hydrogens (tertiary/aromatic N) is 1. The van der Waals surface area contributed by atoms with Crippen LogP contribution in [0.3, 0.4) is 0 Å². The molecule has 0 bridgehead atoms. The number of fused-ring (bicyclic) bond motifs is 1. The molecule has 2 aliphatic heterocycles. The van der Waals surface area contributed by atoms with Crippen LogP contribution in [0.1, 0.15) is 44.0 Å². The Kier molecular flexibility index (Phi) is 4.05. The molecule has 0 aromatic carbocycles. The molecule has 2 aliphatic rings. The second-order valence-electron chi connectivity index (χ2n) is 6.13. The summed E-state index contributed by atoms with van der Waals surface area (Å²) in [5.41, 5.74) is -0.468. The van der Waals surface area contributed by atoms with Crippen molar-refractivity contribution in [2.45, 2.75) is 50.9 Å². The molecule has 4 nitrogen and oxygen atoms in total. The number of thiophene rings is 1. The van der Waals surface area contributed by atoms with Crippen molar-refractivity contribution in [1.29, 1.82) is 0 Å². The highest BCUT2D eigenvalue weighted by molar-refractivity contribution is 9.11. The molecule has 3 heterocycles. The van der Waals surface area contributed by atoms with E-state index in [1.54, 1.807) is 18.4 Å². The van der Waals surface area contributed by atoms with Gasteiger partial charge < -0.3 is 14.4 Å². The van der Waals surface area contributed by atoms with Gasteiger partial charge in [0.1, 0.15) is 17.5 Å². The lowest BCUT2D eigenvalue weighted by atomic mass is 9.88. The molecule has 1 fully saturated rings. The average Bonchev–Trinajstić information content (AvgIpc) is 2.76. The molecule has 0 aliphatic carbocycles. The molecule has 1 aromatic rings. The lowest BCUT2D eigenvalue weighted by molar-refractivity contribution is -0.150. The van der Waals surface area contributed by atoms with Gasteiger partial charge in [0, 0.05) is 26.1 Å². The lowest BCUT2D eigenvalue weighted by Gasteiger charge is -2.47. The molecule has 1 aromatic heterocycles. The third kappa shape index (κ3) is 2.62. The van der Waals surface area contributed by atoms with E-state index in [1.165, 1.54) is 0 Å². The molecule has 21 heavy (non-hydrogen) atoms. The largest absolute Gasteiger partial charge is 0.484 e. The fourth-order valence-electron chi connectivity index (χ4n) is 3.34. The minimum atomic E-state index is -0.468. The van der Waals surface area contributed by atoms with Crippen LogP contribution in [0.25, 0.3) is 0 Å². The first-order valence-corrected chi connectivity index (χ1v) is 8.85. The summed E-state index contributed by atoms with van der Waals surface area (Å²) in [5.74, 6) is 1.09.